The van der Waals surface area contributed by atoms with Crippen molar-refractivity contribution < 1.29 is 24.7 Å². The highest BCUT2D eigenvalue weighted by molar-refractivity contribution is 6.32. The lowest BCUT2D eigenvalue weighted by molar-refractivity contribution is -0.384. The Morgan fingerprint density at radius 1 is 1.22 bits per heavy atom. The molecule has 136 valence electrons. The Labute approximate surface area is 152 Å². The van der Waals surface area contributed by atoms with Crippen LogP contribution < -0.4 is 5.01 Å². The summed E-state index contributed by atoms with van der Waals surface area (Å²) in [4.78, 5) is 33.9. The van der Waals surface area contributed by atoms with Gasteiger partial charge in [-0.15, -0.1) is 0 Å². The molecule has 0 aromatic heterocycles. The van der Waals surface area contributed by atoms with Crippen molar-refractivity contribution in [1.82, 2.24) is 0 Å². The summed E-state index contributed by atoms with van der Waals surface area (Å²) in [6.45, 7) is 1.59. The quantitative estimate of drug-likeness (QED) is 0.485. The Balaban J connectivity index is 1.96. The van der Waals surface area contributed by atoms with Crippen molar-refractivity contribution in [3.63, 3.8) is 0 Å². The SMILES string of the molecule is CC1=NN(c2ccc(C(=O)O)cc2)C(=O)/C1=C/c1cc([N+](=O)[O-])ccc1O. The van der Waals surface area contributed by atoms with E-state index in [0.717, 1.165) is 17.1 Å². The molecule has 0 radical (unpaired) electrons. The number of hydrogen-bond acceptors (Lipinski definition) is 6. The molecule has 1 aliphatic rings. The van der Waals surface area contributed by atoms with E-state index in [-0.39, 0.29) is 28.1 Å². The van der Waals surface area contributed by atoms with Gasteiger partial charge in [-0.3, -0.25) is 14.9 Å². The Hall–Kier alpha value is -4.01. The van der Waals surface area contributed by atoms with Crippen LogP contribution in [0.1, 0.15) is 22.8 Å². The Morgan fingerprint density at radius 2 is 1.89 bits per heavy atom. The number of phenolic OH excluding ortho intramolecular Hbond substituents is 1. The number of phenols is 1. The van der Waals surface area contributed by atoms with Crippen LogP contribution >= 0.6 is 0 Å². The Morgan fingerprint density at radius 3 is 2.48 bits per heavy atom. The van der Waals surface area contributed by atoms with Gasteiger partial charge in [-0.1, -0.05) is 0 Å². The molecular formula is C18H13N3O6. The van der Waals surface area contributed by atoms with Crippen LogP contribution in [0.5, 0.6) is 5.75 Å². The molecule has 1 aliphatic heterocycles. The lowest BCUT2D eigenvalue weighted by atomic mass is 10.1. The summed E-state index contributed by atoms with van der Waals surface area (Å²) in [6, 6.07) is 9.10. The van der Waals surface area contributed by atoms with Crippen molar-refractivity contribution in [2.75, 3.05) is 5.01 Å². The average molecular weight is 367 g/mol. The number of nitro groups is 1. The minimum Gasteiger partial charge on any atom is -0.507 e. The van der Waals surface area contributed by atoms with Gasteiger partial charge in [0.1, 0.15) is 5.75 Å². The lowest BCUT2D eigenvalue weighted by Gasteiger charge is -2.11. The topological polar surface area (TPSA) is 133 Å². The first-order chi connectivity index (χ1) is 12.8. The first kappa shape index (κ1) is 17.8. The molecule has 0 saturated carbocycles. The summed E-state index contributed by atoms with van der Waals surface area (Å²) in [5, 5.41) is 35.0. The summed E-state index contributed by atoms with van der Waals surface area (Å²) < 4.78 is 0. The van der Waals surface area contributed by atoms with Gasteiger partial charge in [0.05, 0.1) is 27.5 Å². The highest BCUT2D eigenvalue weighted by Gasteiger charge is 2.29. The van der Waals surface area contributed by atoms with E-state index in [9.17, 15) is 24.8 Å². The number of rotatable bonds is 4. The summed E-state index contributed by atoms with van der Waals surface area (Å²) >= 11 is 0. The van der Waals surface area contributed by atoms with Crippen molar-refractivity contribution in [1.29, 1.82) is 0 Å². The van der Waals surface area contributed by atoms with Crippen LogP contribution in [-0.2, 0) is 4.79 Å². The van der Waals surface area contributed by atoms with Crippen LogP contribution in [0.3, 0.4) is 0 Å². The van der Waals surface area contributed by atoms with Crippen LogP contribution in [0.4, 0.5) is 11.4 Å². The maximum atomic E-state index is 12.7. The van der Waals surface area contributed by atoms with Crippen molar-refractivity contribution in [3.05, 3.63) is 69.3 Å². The third kappa shape index (κ3) is 3.38. The van der Waals surface area contributed by atoms with Gasteiger partial charge in [0, 0.05) is 17.7 Å². The molecule has 1 amide bonds. The predicted molar refractivity (Wildman–Crippen MR) is 96.7 cm³/mol. The Kier molecular flexibility index (Phi) is 4.43. The zero-order valence-electron chi connectivity index (χ0n) is 14.0. The van der Waals surface area contributed by atoms with E-state index in [1.807, 2.05) is 0 Å². The third-order valence-corrected chi connectivity index (χ3v) is 3.94. The lowest BCUT2D eigenvalue weighted by Crippen LogP contribution is -2.21. The zero-order chi connectivity index (χ0) is 19.7. The summed E-state index contributed by atoms with van der Waals surface area (Å²) in [5.74, 6) is -1.80. The molecule has 0 spiro atoms. The number of benzene rings is 2. The minimum atomic E-state index is -1.09. The predicted octanol–water partition coefficient (Wildman–Crippen LogP) is 2.80. The van der Waals surface area contributed by atoms with E-state index in [4.69, 9.17) is 5.11 Å². The number of carboxylic acid groups (broad SMARTS) is 1. The molecule has 9 nitrogen and oxygen atoms in total. The fourth-order valence-corrected chi connectivity index (χ4v) is 2.53. The van der Waals surface area contributed by atoms with Crippen molar-refractivity contribution >= 4 is 35.0 Å². The average Bonchev–Trinajstić information content (AvgIpc) is 2.91. The minimum absolute atomic E-state index is 0.0726. The largest absolute Gasteiger partial charge is 0.507 e. The molecule has 2 N–H and O–H groups in total. The molecule has 0 fully saturated rings. The molecule has 0 bridgehead atoms. The van der Waals surface area contributed by atoms with E-state index in [0.29, 0.717) is 11.4 Å². The number of aromatic hydroxyl groups is 1. The fourth-order valence-electron chi connectivity index (χ4n) is 2.53. The van der Waals surface area contributed by atoms with E-state index in [1.165, 1.54) is 36.4 Å². The van der Waals surface area contributed by atoms with E-state index in [1.54, 1.807) is 6.92 Å². The van der Waals surface area contributed by atoms with Gasteiger partial charge < -0.3 is 10.2 Å². The second-order valence-corrected chi connectivity index (χ2v) is 5.71. The molecule has 3 rings (SSSR count). The van der Waals surface area contributed by atoms with Crippen LogP contribution in [0.15, 0.2) is 53.1 Å². The molecule has 27 heavy (non-hydrogen) atoms. The van der Waals surface area contributed by atoms with E-state index in [2.05, 4.69) is 5.10 Å². The number of hydrogen-bond donors (Lipinski definition) is 2. The number of carbonyl (C=O) groups is 2. The monoisotopic (exact) mass is 367 g/mol. The van der Waals surface area contributed by atoms with Gasteiger partial charge >= 0.3 is 5.97 Å². The fraction of sp³-hybridized carbons (Fsp3) is 0.0556. The number of non-ortho nitro benzene ring substituents is 1. The Bertz CT molecular complexity index is 1020. The summed E-state index contributed by atoms with van der Waals surface area (Å²) in [7, 11) is 0. The number of carbonyl (C=O) groups excluding carboxylic acids is 1. The van der Waals surface area contributed by atoms with Crippen molar-refractivity contribution in [3.8, 4) is 5.75 Å². The van der Waals surface area contributed by atoms with Crippen molar-refractivity contribution in [2.45, 2.75) is 6.92 Å². The number of carboxylic acids is 1. The van der Waals surface area contributed by atoms with Gasteiger partial charge in [0.2, 0.25) is 0 Å². The van der Waals surface area contributed by atoms with Gasteiger partial charge in [0.15, 0.2) is 0 Å². The second kappa shape index (κ2) is 6.71. The molecular weight excluding hydrogens is 354 g/mol. The zero-order valence-corrected chi connectivity index (χ0v) is 14.0. The van der Waals surface area contributed by atoms with Crippen LogP contribution in [0, 0.1) is 10.1 Å². The highest BCUT2D eigenvalue weighted by atomic mass is 16.6. The van der Waals surface area contributed by atoms with Crippen LogP contribution in [-0.4, -0.2) is 32.7 Å². The number of nitro benzene ring substituents is 1. The smallest absolute Gasteiger partial charge is 0.335 e. The van der Waals surface area contributed by atoms with Gasteiger partial charge in [-0.05, 0) is 43.3 Å². The molecule has 0 saturated heterocycles. The molecule has 1 heterocycles. The van der Waals surface area contributed by atoms with E-state index >= 15 is 0 Å². The first-order valence-electron chi connectivity index (χ1n) is 7.70. The van der Waals surface area contributed by atoms with Crippen molar-refractivity contribution in [2.24, 2.45) is 5.10 Å². The maximum Gasteiger partial charge on any atom is 0.335 e. The molecule has 0 unspecified atom stereocenters. The van der Waals surface area contributed by atoms with Crippen LogP contribution in [0.2, 0.25) is 0 Å². The molecule has 0 atom stereocenters. The number of anilines is 1. The third-order valence-electron chi connectivity index (χ3n) is 3.94. The number of hydrazone groups is 1. The normalized spacial score (nSPS) is 15.1. The second-order valence-electron chi connectivity index (χ2n) is 5.71. The van der Waals surface area contributed by atoms with Gasteiger partial charge in [-0.2, -0.15) is 10.1 Å². The first-order valence-corrected chi connectivity index (χ1v) is 7.70. The number of nitrogens with zero attached hydrogens (tertiary/aromatic N) is 3. The number of aromatic carboxylic acids is 1. The van der Waals surface area contributed by atoms with Crippen LogP contribution in [0.25, 0.3) is 6.08 Å². The van der Waals surface area contributed by atoms with Gasteiger partial charge in [-0.25, -0.2) is 4.79 Å². The summed E-state index contributed by atoms with van der Waals surface area (Å²) in [5.41, 5.74) is 0.853. The molecule has 0 aliphatic carbocycles. The standard InChI is InChI=1S/C18H13N3O6/c1-10-15(9-12-8-14(21(26)27)6-7-16(12)22)17(23)20(19-10)13-4-2-11(3-5-13)18(24)25/h2-9,22H,1H3,(H,24,25)/b15-9+. The van der Waals surface area contributed by atoms with E-state index < -0.39 is 16.8 Å². The highest BCUT2D eigenvalue weighted by Crippen LogP contribution is 2.29. The molecule has 2 aromatic rings. The van der Waals surface area contributed by atoms with Gasteiger partial charge in [0.25, 0.3) is 11.6 Å². The summed E-state index contributed by atoms with van der Waals surface area (Å²) in [6.07, 6.45) is 1.33. The molecule has 2 aromatic carbocycles. The molecule has 9 heteroatoms. The number of amides is 1. The maximum absolute atomic E-state index is 12.7.